The van der Waals surface area contributed by atoms with Gasteiger partial charge in [0.15, 0.2) is 0 Å². The summed E-state index contributed by atoms with van der Waals surface area (Å²) in [5.41, 5.74) is 0. The van der Waals surface area contributed by atoms with Crippen molar-refractivity contribution < 1.29 is 0 Å². The molecule has 0 fully saturated rings. The summed E-state index contributed by atoms with van der Waals surface area (Å²) in [6.45, 7) is 9.77. The first kappa shape index (κ1) is 14.9. The van der Waals surface area contributed by atoms with Gasteiger partial charge in [0.05, 0.1) is 0 Å². The van der Waals surface area contributed by atoms with Crippen LogP contribution < -0.4 is 5.32 Å². The molecule has 0 saturated heterocycles. The maximum absolute atomic E-state index is 3.60. The summed E-state index contributed by atoms with van der Waals surface area (Å²) in [5, 5.41) is 4.32. The quantitative estimate of drug-likeness (QED) is 0.639. The van der Waals surface area contributed by atoms with E-state index in [0.29, 0.717) is 6.04 Å². The van der Waals surface area contributed by atoms with Crippen molar-refractivity contribution in [3.8, 4) is 11.8 Å². The van der Waals surface area contributed by atoms with Gasteiger partial charge in [-0.25, -0.2) is 0 Å². The topological polar surface area (TPSA) is 12.0 Å². The molecule has 0 aliphatic rings. The van der Waals surface area contributed by atoms with E-state index in [0.717, 1.165) is 18.2 Å². The maximum Gasteiger partial charge on any atom is 0.0167 e. The number of thioether (sulfide) groups is 1. The lowest BCUT2D eigenvalue weighted by atomic mass is 10.2. The van der Waals surface area contributed by atoms with Gasteiger partial charge in [-0.15, -0.1) is 11.8 Å². The molecular formula is C13H25NS. The molecule has 0 bridgehead atoms. The Balaban J connectivity index is 3.76. The lowest BCUT2D eigenvalue weighted by Crippen LogP contribution is -2.32. The summed E-state index contributed by atoms with van der Waals surface area (Å²) in [7, 11) is 0. The smallest absolute Gasteiger partial charge is 0.0167 e. The first-order chi connectivity index (χ1) is 7.20. The molecule has 0 rings (SSSR count). The summed E-state index contributed by atoms with van der Waals surface area (Å²) >= 11 is 2.04. The van der Waals surface area contributed by atoms with Gasteiger partial charge >= 0.3 is 0 Å². The van der Waals surface area contributed by atoms with E-state index in [1.807, 2.05) is 18.7 Å². The number of rotatable bonds is 8. The van der Waals surface area contributed by atoms with Crippen molar-refractivity contribution in [3.63, 3.8) is 0 Å². The molecule has 0 aliphatic carbocycles. The second-order valence-electron chi connectivity index (χ2n) is 4.00. The first-order valence-electron chi connectivity index (χ1n) is 5.95. The van der Waals surface area contributed by atoms with Crippen LogP contribution in [-0.2, 0) is 0 Å². The fourth-order valence-electron chi connectivity index (χ4n) is 1.27. The molecule has 0 heterocycles. The zero-order valence-corrected chi connectivity index (χ0v) is 11.4. The molecule has 0 radical (unpaired) electrons. The molecule has 0 aromatic rings. The third-order valence-corrected chi connectivity index (χ3v) is 3.37. The lowest BCUT2D eigenvalue weighted by Gasteiger charge is -2.18. The van der Waals surface area contributed by atoms with Crippen LogP contribution in [0.15, 0.2) is 0 Å². The third kappa shape index (κ3) is 10.2. The first-order valence-corrected chi connectivity index (χ1v) is 7.00. The molecular weight excluding hydrogens is 202 g/mol. The molecule has 15 heavy (non-hydrogen) atoms. The Morgan fingerprint density at radius 1 is 1.33 bits per heavy atom. The Bertz CT molecular complexity index is 190. The minimum atomic E-state index is 0.637. The van der Waals surface area contributed by atoms with E-state index in [-0.39, 0.29) is 0 Å². The highest BCUT2D eigenvalue weighted by Gasteiger charge is 2.07. The van der Waals surface area contributed by atoms with Gasteiger partial charge in [-0.3, -0.25) is 0 Å². The molecule has 0 aliphatic heterocycles. The Morgan fingerprint density at radius 2 is 2.07 bits per heavy atom. The molecule has 0 saturated carbocycles. The van der Waals surface area contributed by atoms with Crippen molar-refractivity contribution in [2.45, 2.75) is 58.2 Å². The molecule has 0 amide bonds. The summed E-state index contributed by atoms with van der Waals surface area (Å²) in [6.07, 6.45) is 3.42. The zero-order chi connectivity index (χ0) is 11.5. The van der Waals surface area contributed by atoms with Gasteiger partial charge in [0.25, 0.3) is 0 Å². The number of nitrogens with one attached hydrogen (secondary N) is 1. The van der Waals surface area contributed by atoms with Gasteiger partial charge in [-0.05, 0) is 31.6 Å². The number of hydrogen-bond donors (Lipinski definition) is 1. The van der Waals surface area contributed by atoms with E-state index in [2.05, 4.69) is 37.9 Å². The predicted molar refractivity (Wildman–Crippen MR) is 72.4 cm³/mol. The van der Waals surface area contributed by atoms with Gasteiger partial charge in [0.2, 0.25) is 0 Å². The second-order valence-corrected chi connectivity index (χ2v) is 5.61. The molecule has 1 N–H and O–H groups in total. The zero-order valence-electron chi connectivity index (χ0n) is 10.6. The van der Waals surface area contributed by atoms with Crippen molar-refractivity contribution in [2.24, 2.45) is 0 Å². The van der Waals surface area contributed by atoms with Crippen molar-refractivity contribution in [1.82, 2.24) is 5.32 Å². The standard InChI is InChI=1S/C13H25NS/c1-5-7-8-9-13(14-10-6-2)11-15-12(3)4/h12-14H,6,8-11H2,1-4H3. The van der Waals surface area contributed by atoms with Crippen molar-refractivity contribution in [3.05, 3.63) is 0 Å². The van der Waals surface area contributed by atoms with Gasteiger partial charge in [0, 0.05) is 18.2 Å². The average Bonchev–Trinajstić information content (AvgIpc) is 2.21. The maximum atomic E-state index is 3.60. The Hall–Kier alpha value is -0.130. The van der Waals surface area contributed by atoms with Crippen LogP contribution in [0.3, 0.4) is 0 Å². The van der Waals surface area contributed by atoms with Gasteiger partial charge in [0.1, 0.15) is 0 Å². The molecule has 1 atom stereocenters. The summed E-state index contributed by atoms with van der Waals surface area (Å²) < 4.78 is 0. The van der Waals surface area contributed by atoms with E-state index in [9.17, 15) is 0 Å². The van der Waals surface area contributed by atoms with Crippen LogP contribution in [0.5, 0.6) is 0 Å². The minimum absolute atomic E-state index is 0.637. The summed E-state index contributed by atoms with van der Waals surface area (Å²) in [5.74, 6) is 7.31. The molecule has 2 heteroatoms. The van der Waals surface area contributed by atoms with Gasteiger partial charge in [-0.1, -0.05) is 20.8 Å². The number of hydrogen-bond acceptors (Lipinski definition) is 2. The van der Waals surface area contributed by atoms with E-state index in [1.165, 1.54) is 18.6 Å². The second kappa shape index (κ2) is 10.4. The van der Waals surface area contributed by atoms with E-state index in [4.69, 9.17) is 0 Å². The van der Waals surface area contributed by atoms with E-state index < -0.39 is 0 Å². The summed E-state index contributed by atoms with van der Waals surface area (Å²) in [6, 6.07) is 0.637. The van der Waals surface area contributed by atoms with Crippen LogP contribution in [0.1, 0.15) is 47.0 Å². The van der Waals surface area contributed by atoms with Crippen LogP contribution in [0.2, 0.25) is 0 Å². The van der Waals surface area contributed by atoms with Crippen LogP contribution >= 0.6 is 11.8 Å². The molecule has 0 aromatic heterocycles. The molecule has 1 nitrogen and oxygen atoms in total. The van der Waals surface area contributed by atoms with Gasteiger partial charge in [-0.2, -0.15) is 11.8 Å². The molecule has 0 aromatic carbocycles. The highest BCUT2D eigenvalue weighted by molar-refractivity contribution is 7.99. The fourth-order valence-corrected chi connectivity index (χ4v) is 2.17. The van der Waals surface area contributed by atoms with Crippen LogP contribution in [0.4, 0.5) is 0 Å². The van der Waals surface area contributed by atoms with Crippen molar-refractivity contribution in [1.29, 1.82) is 0 Å². The molecule has 88 valence electrons. The highest BCUT2D eigenvalue weighted by atomic mass is 32.2. The normalized spacial score (nSPS) is 12.3. The summed E-state index contributed by atoms with van der Waals surface area (Å²) in [4.78, 5) is 0. The van der Waals surface area contributed by atoms with Crippen LogP contribution in [0.25, 0.3) is 0 Å². The molecule has 1 unspecified atom stereocenters. The Labute approximate surface area is 99.8 Å². The minimum Gasteiger partial charge on any atom is -0.313 e. The third-order valence-electron chi connectivity index (χ3n) is 2.11. The van der Waals surface area contributed by atoms with E-state index in [1.54, 1.807) is 0 Å². The lowest BCUT2D eigenvalue weighted by molar-refractivity contribution is 0.526. The van der Waals surface area contributed by atoms with Crippen LogP contribution in [0, 0.1) is 11.8 Å². The van der Waals surface area contributed by atoms with E-state index >= 15 is 0 Å². The predicted octanol–water partition coefficient (Wildman–Crippen LogP) is 3.30. The average molecular weight is 227 g/mol. The van der Waals surface area contributed by atoms with Crippen molar-refractivity contribution >= 4 is 11.8 Å². The Morgan fingerprint density at radius 3 is 2.60 bits per heavy atom. The Kier molecular flexibility index (Phi) is 10.3. The van der Waals surface area contributed by atoms with Crippen molar-refractivity contribution in [2.75, 3.05) is 12.3 Å². The molecule has 0 spiro atoms. The highest BCUT2D eigenvalue weighted by Crippen LogP contribution is 2.13. The fraction of sp³-hybridized carbons (Fsp3) is 0.846. The van der Waals surface area contributed by atoms with Crippen LogP contribution in [-0.4, -0.2) is 23.6 Å². The largest absolute Gasteiger partial charge is 0.313 e. The SMILES string of the molecule is CC#CCCC(CSC(C)C)NCCC. The van der Waals surface area contributed by atoms with Gasteiger partial charge < -0.3 is 5.32 Å². The monoisotopic (exact) mass is 227 g/mol.